The van der Waals surface area contributed by atoms with E-state index in [4.69, 9.17) is 0 Å². The van der Waals surface area contributed by atoms with E-state index in [9.17, 15) is 18.0 Å². The molecule has 2 rings (SSSR count). The Labute approximate surface area is 181 Å². The number of hydrogen-bond acceptors (Lipinski definition) is 5. The lowest BCUT2D eigenvalue weighted by molar-refractivity contribution is -0.274. The van der Waals surface area contributed by atoms with Crippen molar-refractivity contribution in [1.29, 1.82) is 0 Å². The molecule has 1 aliphatic heterocycles. The molecule has 1 heterocycles. The molecule has 0 aromatic heterocycles. The van der Waals surface area contributed by atoms with E-state index >= 15 is 0 Å². The van der Waals surface area contributed by atoms with Gasteiger partial charge in [0.05, 0.1) is 10.8 Å². The highest BCUT2D eigenvalue weighted by Gasteiger charge is 2.31. The van der Waals surface area contributed by atoms with Gasteiger partial charge in [0.1, 0.15) is 5.75 Å². The van der Waals surface area contributed by atoms with E-state index in [-0.39, 0.29) is 17.4 Å². The Balaban J connectivity index is 0.00000218. The van der Waals surface area contributed by atoms with Gasteiger partial charge in [-0.25, -0.2) is 0 Å². The number of thioether (sulfide) groups is 1. The average Bonchev–Trinajstić information content (AvgIpc) is 3.11. The van der Waals surface area contributed by atoms with Crippen LogP contribution >= 0.6 is 11.8 Å². The standard InChI is InChI=1S/C19H26F3N3O2S.C2H6/c1-3-23-18(14-6-8-16(9-7-14)27-19(20,21)22)28-13-17(26)24-11-10-15-5-4-12-25(15)2;1-2/h6-9,15H,3-5,10-13H2,1-2H3,(H,24,26);1-2H3. The topological polar surface area (TPSA) is 53.9 Å². The highest BCUT2D eigenvalue weighted by atomic mass is 32.2. The molecule has 1 aromatic carbocycles. The zero-order valence-corrected chi connectivity index (χ0v) is 18.9. The van der Waals surface area contributed by atoms with Crippen molar-refractivity contribution in [1.82, 2.24) is 10.2 Å². The summed E-state index contributed by atoms with van der Waals surface area (Å²) >= 11 is 1.27. The smallest absolute Gasteiger partial charge is 0.406 e. The number of hydrogen-bond donors (Lipinski definition) is 1. The molecule has 9 heteroatoms. The second-order valence-electron chi connectivity index (χ2n) is 6.56. The monoisotopic (exact) mass is 447 g/mol. The highest BCUT2D eigenvalue weighted by Crippen LogP contribution is 2.24. The van der Waals surface area contributed by atoms with Gasteiger partial charge in [-0.15, -0.1) is 13.2 Å². The maximum absolute atomic E-state index is 12.3. The number of alkyl halides is 3. The molecule has 1 amide bonds. The van der Waals surface area contributed by atoms with Gasteiger partial charge in [-0.2, -0.15) is 0 Å². The fourth-order valence-electron chi connectivity index (χ4n) is 3.07. The van der Waals surface area contributed by atoms with Gasteiger partial charge in [-0.1, -0.05) is 25.6 Å². The zero-order valence-electron chi connectivity index (χ0n) is 18.1. The quantitative estimate of drug-likeness (QED) is 0.463. The predicted molar refractivity (Wildman–Crippen MR) is 117 cm³/mol. The second kappa shape index (κ2) is 13.5. The molecule has 0 spiro atoms. The first-order chi connectivity index (χ1) is 14.3. The van der Waals surface area contributed by atoms with Crippen LogP contribution in [0, 0.1) is 0 Å². The molecule has 0 bridgehead atoms. The number of nitrogens with zero attached hydrogens (tertiary/aromatic N) is 2. The first kappa shape index (κ1) is 26.3. The minimum atomic E-state index is -4.72. The molecule has 1 N–H and O–H groups in total. The summed E-state index contributed by atoms with van der Waals surface area (Å²) in [5, 5.41) is 3.54. The van der Waals surface area contributed by atoms with Gasteiger partial charge in [0, 0.05) is 24.7 Å². The van der Waals surface area contributed by atoms with E-state index in [0.717, 1.165) is 13.0 Å². The third-order valence-corrected chi connectivity index (χ3v) is 5.49. The van der Waals surface area contributed by atoms with Gasteiger partial charge in [-0.05, 0) is 64.0 Å². The fraction of sp³-hybridized carbons (Fsp3) is 0.619. The van der Waals surface area contributed by atoms with E-state index in [1.807, 2.05) is 20.8 Å². The average molecular weight is 448 g/mol. The molecule has 0 saturated carbocycles. The van der Waals surface area contributed by atoms with E-state index < -0.39 is 6.36 Å². The molecule has 170 valence electrons. The Morgan fingerprint density at radius 1 is 1.30 bits per heavy atom. The summed E-state index contributed by atoms with van der Waals surface area (Å²) in [7, 11) is 2.11. The van der Waals surface area contributed by atoms with Crippen molar-refractivity contribution < 1.29 is 22.7 Å². The van der Waals surface area contributed by atoms with Crippen LogP contribution in [0.2, 0.25) is 0 Å². The lowest BCUT2D eigenvalue weighted by atomic mass is 10.1. The Morgan fingerprint density at radius 2 is 1.97 bits per heavy atom. The van der Waals surface area contributed by atoms with Crippen molar-refractivity contribution in [2.24, 2.45) is 4.99 Å². The summed E-state index contributed by atoms with van der Waals surface area (Å²) in [6.45, 7) is 8.12. The number of likely N-dealkylation sites (tertiary alicyclic amines) is 1. The van der Waals surface area contributed by atoms with E-state index in [2.05, 4.69) is 27.0 Å². The number of nitrogens with one attached hydrogen (secondary N) is 1. The minimum Gasteiger partial charge on any atom is -0.406 e. The maximum atomic E-state index is 12.3. The highest BCUT2D eigenvalue weighted by molar-refractivity contribution is 8.14. The SMILES string of the molecule is CC.CCN=C(SCC(=O)NCCC1CCCN1C)c1ccc(OC(F)(F)F)cc1. The second-order valence-corrected chi connectivity index (χ2v) is 7.52. The van der Waals surface area contributed by atoms with Crippen molar-refractivity contribution in [3.8, 4) is 5.75 Å². The fourth-order valence-corrected chi connectivity index (χ4v) is 3.96. The molecule has 1 saturated heterocycles. The summed E-state index contributed by atoms with van der Waals surface area (Å²) < 4.78 is 40.6. The molecule has 1 aliphatic rings. The van der Waals surface area contributed by atoms with Gasteiger partial charge in [-0.3, -0.25) is 9.79 Å². The molecular weight excluding hydrogens is 415 g/mol. The van der Waals surface area contributed by atoms with Crippen molar-refractivity contribution in [3.05, 3.63) is 29.8 Å². The summed E-state index contributed by atoms with van der Waals surface area (Å²) in [5.74, 6) is -0.154. The number of carbonyl (C=O) groups is 1. The molecule has 30 heavy (non-hydrogen) atoms. The number of aliphatic imine (C=N–C) groups is 1. The van der Waals surface area contributed by atoms with Crippen LogP contribution in [0.1, 0.15) is 45.6 Å². The Hall–Kier alpha value is -1.74. The maximum Gasteiger partial charge on any atom is 0.573 e. The number of benzene rings is 1. The molecule has 5 nitrogen and oxygen atoms in total. The molecule has 0 aliphatic carbocycles. The summed E-state index contributed by atoms with van der Waals surface area (Å²) in [5.41, 5.74) is 0.654. The van der Waals surface area contributed by atoms with Crippen LogP contribution in [0.25, 0.3) is 0 Å². The van der Waals surface area contributed by atoms with Crippen LogP contribution in [0.5, 0.6) is 5.75 Å². The van der Waals surface area contributed by atoms with Gasteiger partial charge in [0.15, 0.2) is 0 Å². The Kier molecular flexibility index (Phi) is 11.9. The lowest BCUT2D eigenvalue weighted by Crippen LogP contribution is -2.32. The largest absolute Gasteiger partial charge is 0.573 e. The number of ether oxygens (including phenoxy) is 1. The van der Waals surface area contributed by atoms with Gasteiger partial charge < -0.3 is 15.0 Å². The van der Waals surface area contributed by atoms with Gasteiger partial charge in [0.25, 0.3) is 0 Å². The van der Waals surface area contributed by atoms with Crippen LogP contribution < -0.4 is 10.1 Å². The van der Waals surface area contributed by atoms with Crippen molar-refractivity contribution >= 4 is 22.7 Å². The third-order valence-electron chi connectivity index (χ3n) is 4.45. The van der Waals surface area contributed by atoms with Crippen molar-refractivity contribution in [2.75, 3.05) is 32.4 Å². The molecule has 0 radical (unpaired) electrons. The number of carbonyl (C=O) groups excluding carboxylic acids is 1. The molecule has 1 atom stereocenters. The summed E-state index contributed by atoms with van der Waals surface area (Å²) in [6, 6.07) is 6.04. The van der Waals surface area contributed by atoms with Crippen LogP contribution in [-0.2, 0) is 4.79 Å². The minimum absolute atomic E-state index is 0.0773. The van der Waals surface area contributed by atoms with Crippen LogP contribution in [0.15, 0.2) is 29.3 Å². The number of rotatable bonds is 8. The normalized spacial score (nSPS) is 17.3. The van der Waals surface area contributed by atoms with Crippen molar-refractivity contribution in [2.45, 2.75) is 52.4 Å². The first-order valence-electron chi connectivity index (χ1n) is 10.3. The Bertz CT molecular complexity index is 666. The first-order valence-corrected chi connectivity index (χ1v) is 11.3. The zero-order chi connectivity index (χ0) is 22.6. The summed E-state index contributed by atoms with van der Waals surface area (Å²) in [4.78, 5) is 18.8. The van der Waals surface area contributed by atoms with E-state index in [0.29, 0.717) is 29.7 Å². The van der Waals surface area contributed by atoms with Gasteiger partial charge in [0.2, 0.25) is 5.91 Å². The molecule has 1 aromatic rings. The molecular formula is C21H32F3N3O2S. The van der Waals surface area contributed by atoms with E-state index in [1.54, 1.807) is 0 Å². The van der Waals surface area contributed by atoms with Crippen LogP contribution in [0.3, 0.4) is 0 Å². The molecule has 1 unspecified atom stereocenters. The Morgan fingerprint density at radius 3 is 2.50 bits per heavy atom. The molecule has 1 fully saturated rings. The number of halogens is 3. The van der Waals surface area contributed by atoms with Crippen molar-refractivity contribution in [3.63, 3.8) is 0 Å². The third kappa shape index (κ3) is 9.84. The van der Waals surface area contributed by atoms with Gasteiger partial charge >= 0.3 is 6.36 Å². The summed E-state index contributed by atoms with van der Waals surface area (Å²) in [6.07, 6.45) is -1.41. The number of amides is 1. The van der Waals surface area contributed by atoms with Crippen LogP contribution in [-0.4, -0.2) is 60.7 Å². The van der Waals surface area contributed by atoms with E-state index in [1.165, 1.54) is 48.9 Å². The lowest BCUT2D eigenvalue weighted by Gasteiger charge is -2.19. The van der Waals surface area contributed by atoms with Crippen LogP contribution in [0.4, 0.5) is 13.2 Å². The predicted octanol–water partition coefficient (Wildman–Crippen LogP) is 4.71.